The van der Waals surface area contributed by atoms with Crippen LogP contribution in [0.1, 0.15) is 54.0 Å². The number of piperidine rings is 1. The van der Waals surface area contributed by atoms with Crippen LogP contribution < -0.4 is 5.56 Å². The second kappa shape index (κ2) is 8.52. The van der Waals surface area contributed by atoms with Gasteiger partial charge in [-0.15, -0.1) is 0 Å². The van der Waals surface area contributed by atoms with Crippen LogP contribution in [0.15, 0.2) is 57.9 Å². The highest BCUT2D eigenvalue weighted by Gasteiger charge is 2.31. The van der Waals surface area contributed by atoms with E-state index in [0.717, 1.165) is 37.3 Å². The molecule has 4 rings (SSSR count). The summed E-state index contributed by atoms with van der Waals surface area (Å²) in [6, 6.07) is 13.4. The Morgan fingerprint density at radius 1 is 1.13 bits per heavy atom. The van der Waals surface area contributed by atoms with Gasteiger partial charge in [-0.25, -0.2) is 0 Å². The Hall–Kier alpha value is -2.79. The summed E-state index contributed by atoms with van der Waals surface area (Å²) in [6.07, 6.45) is 3.80. The zero-order chi connectivity index (χ0) is 21.3. The van der Waals surface area contributed by atoms with Gasteiger partial charge in [-0.2, -0.15) is 0 Å². The van der Waals surface area contributed by atoms with Gasteiger partial charge in [-0.05, 0) is 69.5 Å². The molecule has 3 heterocycles. The standard InChI is InChI=1S/C25H30N2O3/c1-17-6-8-20(9-7-17)24(26-12-10-18(2)11-13-26)23-22(28)15-19(3)27(25(23)29)16-21-5-4-14-30-21/h4-9,14-15,18,24,28H,10-13,16H2,1-3H3/t24-/m0/s1. The Morgan fingerprint density at radius 3 is 2.47 bits per heavy atom. The smallest absolute Gasteiger partial charge is 0.260 e. The van der Waals surface area contributed by atoms with E-state index in [2.05, 4.69) is 43.0 Å². The van der Waals surface area contributed by atoms with Crippen LogP contribution in [0.2, 0.25) is 0 Å². The predicted octanol–water partition coefficient (Wildman–Crippen LogP) is 4.63. The van der Waals surface area contributed by atoms with Gasteiger partial charge in [-0.3, -0.25) is 9.69 Å². The largest absolute Gasteiger partial charge is 0.507 e. The van der Waals surface area contributed by atoms with E-state index in [1.807, 2.05) is 19.1 Å². The second-order valence-electron chi connectivity index (χ2n) is 8.59. The van der Waals surface area contributed by atoms with Crippen molar-refractivity contribution in [3.8, 4) is 5.75 Å². The highest BCUT2D eigenvalue weighted by Crippen LogP contribution is 2.35. The highest BCUT2D eigenvalue weighted by atomic mass is 16.3. The summed E-state index contributed by atoms with van der Waals surface area (Å²) < 4.78 is 7.17. The average molecular weight is 407 g/mol. The Bertz CT molecular complexity index is 1040. The van der Waals surface area contributed by atoms with E-state index in [1.165, 1.54) is 5.56 Å². The third-order valence-electron chi connectivity index (χ3n) is 6.27. The van der Waals surface area contributed by atoms with Crippen LogP contribution in [-0.2, 0) is 6.54 Å². The number of aryl methyl sites for hydroxylation is 2. The van der Waals surface area contributed by atoms with Crippen LogP contribution in [0.25, 0.3) is 0 Å². The number of nitrogens with zero attached hydrogens (tertiary/aromatic N) is 2. The molecule has 5 nitrogen and oxygen atoms in total. The maximum atomic E-state index is 13.7. The summed E-state index contributed by atoms with van der Waals surface area (Å²) in [6.45, 7) is 8.34. The van der Waals surface area contributed by atoms with Crippen LogP contribution in [0.5, 0.6) is 5.75 Å². The molecule has 30 heavy (non-hydrogen) atoms. The number of likely N-dealkylation sites (tertiary alicyclic amines) is 1. The molecule has 0 aliphatic carbocycles. The first-order valence-electron chi connectivity index (χ1n) is 10.7. The lowest BCUT2D eigenvalue weighted by Gasteiger charge is -2.37. The van der Waals surface area contributed by atoms with Crippen LogP contribution in [0, 0.1) is 19.8 Å². The first-order chi connectivity index (χ1) is 14.4. The van der Waals surface area contributed by atoms with E-state index in [-0.39, 0.29) is 17.4 Å². The van der Waals surface area contributed by atoms with Crippen molar-refractivity contribution in [2.45, 2.75) is 46.2 Å². The summed E-state index contributed by atoms with van der Waals surface area (Å²) in [4.78, 5) is 16.0. The Balaban J connectivity index is 1.83. The Kier molecular flexibility index (Phi) is 5.82. The van der Waals surface area contributed by atoms with Gasteiger partial charge in [0.05, 0.1) is 24.4 Å². The Morgan fingerprint density at radius 2 is 1.83 bits per heavy atom. The van der Waals surface area contributed by atoms with E-state index in [0.29, 0.717) is 23.7 Å². The average Bonchev–Trinajstić information content (AvgIpc) is 3.23. The van der Waals surface area contributed by atoms with Crippen molar-refractivity contribution in [2.75, 3.05) is 13.1 Å². The molecular formula is C25H30N2O3. The van der Waals surface area contributed by atoms with E-state index in [9.17, 15) is 9.90 Å². The van der Waals surface area contributed by atoms with Gasteiger partial charge in [0.25, 0.3) is 5.56 Å². The van der Waals surface area contributed by atoms with Gasteiger partial charge >= 0.3 is 0 Å². The lowest BCUT2D eigenvalue weighted by molar-refractivity contribution is 0.154. The summed E-state index contributed by atoms with van der Waals surface area (Å²) >= 11 is 0. The summed E-state index contributed by atoms with van der Waals surface area (Å²) in [5, 5.41) is 10.9. The molecule has 1 aliphatic rings. The minimum Gasteiger partial charge on any atom is -0.507 e. The predicted molar refractivity (Wildman–Crippen MR) is 118 cm³/mol. The number of hydrogen-bond donors (Lipinski definition) is 1. The van der Waals surface area contributed by atoms with Crippen molar-refractivity contribution < 1.29 is 9.52 Å². The number of furan rings is 1. The zero-order valence-electron chi connectivity index (χ0n) is 18.0. The van der Waals surface area contributed by atoms with Crippen molar-refractivity contribution in [1.29, 1.82) is 0 Å². The molecule has 1 N–H and O–H groups in total. The molecular weight excluding hydrogens is 376 g/mol. The quantitative estimate of drug-likeness (QED) is 0.671. The molecule has 0 radical (unpaired) electrons. The number of rotatable bonds is 5. The van der Waals surface area contributed by atoms with Gasteiger partial charge in [0, 0.05) is 5.69 Å². The zero-order valence-corrected chi connectivity index (χ0v) is 18.0. The molecule has 0 saturated carbocycles. The van der Waals surface area contributed by atoms with Gasteiger partial charge in [-0.1, -0.05) is 36.8 Å². The lowest BCUT2D eigenvalue weighted by Crippen LogP contribution is -2.40. The number of aromatic nitrogens is 1. The molecule has 2 aromatic heterocycles. The molecule has 1 atom stereocenters. The third-order valence-corrected chi connectivity index (χ3v) is 6.27. The minimum atomic E-state index is -0.269. The number of pyridine rings is 1. The SMILES string of the molecule is Cc1ccc([C@@H](c2c(O)cc(C)n(Cc3ccco3)c2=O)N2CCC(C)CC2)cc1. The molecule has 0 bridgehead atoms. The van der Waals surface area contributed by atoms with Crippen molar-refractivity contribution in [2.24, 2.45) is 5.92 Å². The van der Waals surface area contributed by atoms with Gasteiger partial charge in [0.2, 0.25) is 0 Å². The maximum Gasteiger partial charge on any atom is 0.260 e. The fourth-order valence-electron chi connectivity index (χ4n) is 4.38. The van der Waals surface area contributed by atoms with Crippen LogP contribution in [-0.4, -0.2) is 27.7 Å². The minimum absolute atomic E-state index is 0.0670. The molecule has 3 aromatic rings. The topological polar surface area (TPSA) is 58.6 Å². The van der Waals surface area contributed by atoms with E-state index >= 15 is 0 Å². The van der Waals surface area contributed by atoms with Crippen molar-refractivity contribution in [1.82, 2.24) is 9.47 Å². The Labute approximate surface area is 177 Å². The van der Waals surface area contributed by atoms with Crippen molar-refractivity contribution in [3.63, 3.8) is 0 Å². The molecule has 0 spiro atoms. The van der Waals surface area contributed by atoms with Crippen LogP contribution in [0.4, 0.5) is 0 Å². The van der Waals surface area contributed by atoms with Gasteiger partial charge < -0.3 is 14.1 Å². The molecule has 1 aromatic carbocycles. The monoisotopic (exact) mass is 406 g/mol. The van der Waals surface area contributed by atoms with E-state index in [1.54, 1.807) is 16.9 Å². The summed E-state index contributed by atoms with van der Waals surface area (Å²) in [7, 11) is 0. The number of benzene rings is 1. The van der Waals surface area contributed by atoms with Crippen LogP contribution >= 0.6 is 0 Å². The van der Waals surface area contributed by atoms with E-state index in [4.69, 9.17) is 4.42 Å². The fourth-order valence-corrected chi connectivity index (χ4v) is 4.38. The normalized spacial score (nSPS) is 16.6. The fraction of sp³-hybridized carbons (Fsp3) is 0.400. The van der Waals surface area contributed by atoms with Gasteiger partial charge in [0.15, 0.2) is 0 Å². The molecule has 5 heteroatoms. The first kappa shape index (κ1) is 20.5. The van der Waals surface area contributed by atoms with Gasteiger partial charge in [0.1, 0.15) is 11.5 Å². The van der Waals surface area contributed by atoms with Crippen LogP contribution in [0.3, 0.4) is 0 Å². The molecule has 158 valence electrons. The van der Waals surface area contributed by atoms with E-state index < -0.39 is 0 Å². The van der Waals surface area contributed by atoms with Crippen molar-refractivity contribution in [3.05, 3.63) is 87.2 Å². The molecule has 0 amide bonds. The molecule has 1 aliphatic heterocycles. The number of aromatic hydroxyl groups is 1. The lowest BCUT2D eigenvalue weighted by atomic mass is 9.91. The third kappa shape index (κ3) is 4.08. The second-order valence-corrected chi connectivity index (χ2v) is 8.59. The molecule has 1 fully saturated rings. The van der Waals surface area contributed by atoms with Crippen molar-refractivity contribution >= 4 is 0 Å². The molecule has 1 saturated heterocycles. The first-order valence-corrected chi connectivity index (χ1v) is 10.7. The summed E-state index contributed by atoms with van der Waals surface area (Å²) in [5.74, 6) is 1.47. The maximum absolute atomic E-state index is 13.7. The highest BCUT2D eigenvalue weighted by molar-refractivity contribution is 5.41. The summed E-state index contributed by atoms with van der Waals surface area (Å²) in [5.41, 5.74) is 3.22. The molecule has 0 unspecified atom stereocenters. The number of hydrogen-bond acceptors (Lipinski definition) is 4.